The van der Waals surface area contributed by atoms with Crippen molar-refractivity contribution in [3.8, 4) is 0 Å². The SMILES string of the molecule is CN=C(NCCn1cc(C)cn1)NCc1ccc(Cl)cc1.I. The fraction of sp³-hybridized carbons (Fsp3) is 0.333. The van der Waals surface area contributed by atoms with Gasteiger partial charge in [-0.05, 0) is 30.2 Å². The number of benzene rings is 1. The normalized spacial score (nSPS) is 11.0. The van der Waals surface area contributed by atoms with Gasteiger partial charge in [0.05, 0.1) is 12.7 Å². The monoisotopic (exact) mass is 433 g/mol. The first-order valence-electron chi connectivity index (χ1n) is 6.85. The van der Waals surface area contributed by atoms with Crippen molar-refractivity contribution >= 4 is 41.5 Å². The molecule has 0 radical (unpaired) electrons. The van der Waals surface area contributed by atoms with E-state index in [0.29, 0.717) is 6.54 Å². The van der Waals surface area contributed by atoms with E-state index in [0.717, 1.165) is 29.6 Å². The topological polar surface area (TPSA) is 54.2 Å². The van der Waals surface area contributed by atoms with Crippen LogP contribution in [0.15, 0.2) is 41.7 Å². The molecule has 22 heavy (non-hydrogen) atoms. The second-order valence-electron chi connectivity index (χ2n) is 4.76. The van der Waals surface area contributed by atoms with Gasteiger partial charge in [-0.25, -0.2) is 0 Å². The lowest BCUT2D eigenvalue weighted by Crippen LogP contribution is -2.38. The van der Waals surface area contributed by atoms with Crippen molar-refractivity contribution in [1.82, 2.24) is 20.4 Å². The molecular weight excluding hydrogens is 413 g/mol. The summed E-state index contributed by atoms with van der Waals surface area (Å²) in [5.41, 5.74) is 2.32. The summed E-state index contributed by atoms with van der Waals surface area (Å²) in [6.07, 6.45) is 3.87. The van der Waals surface area contributed by atoms with Gasteiger partial charge in [-0.3, -0.25) is 9.67 Å². The molecule has 2 aromatic rings. The zero-order valence-corrected chi connectivity index (χ0v) is 15.8. The molecule has 0 amide bonds. The number of aliphatic imine (C=N–C) groups is 1. The highest BCUT2D eigenvalue weighted by Crippen LogP contribution is 2.08. The predicted octanol–water partition coefficient (Wildman–Crippen LogP) is 2.83. The molecule has 0 bridgehead atoms. The molecule has 0 aliphatic rings. The Balaban J connectivity index is 0.00000242. The van der Waals surface area contributed by atoms with Crippen LogP contribution in [0.25, 0.3) is 0 Å². The number of halogens is 2. The summed E-state index contributed by atoms with van der Waals surface area (Å²) in [5.74, 6) is 0.772. The Morgan fingerprint density at radius 2 is 2.00 bits per heavy atom. The first kappa shape index (κ1) is 18.8. The van der Waals surface area contributed by atoms with E-state index in [1.165, 1.54) is 5.56 Å². The van der Waals surface area contributed by atoms with Crippen LogP contribution in [-0.4, -0.2) is 29.3 Å². The Labute approximate surface area is 153 Å². The number of guanidine groups is 1. The molecule has 0 atom stereocenters. The van der Waals surface area contributed by atoms with Crippen molar-refractivity contribution in [1.29, 1.82) is 0 Å². The van der Waals surface area contributed by atoms with Crippen LogP contribution in [0.5, 0.6) is 0 Å². The second-order valence-corrected chi connectivity index (χ2v) is 5.20. The molecule has 2 rings (SSSR count). The van der Waals surface area contributed by atoms with E-state index in [1.807, 2.05) is 48.3 Å². The van der Waals surface area contributed by atoms with E-state index in [1.54, 1.807) is 7.05 Å². The van der Waals surface area contributed by atoms with Crippen LogP contribution in [0, 0.1) is 6.92 Å². The first-order valence-corrected chi connectivity index (χ1v) is 7.23. The van der Waals surface area contributed by atoms with Gasteiger partial charge in [0.2, 0.25) is 0 Å². The fourth-order valence-corrected chi connectivity index (χ4v) is 2.01. The summed E-state index contributed by atoms with van der Waals surface area (Å²) in [5, 5.41) is 11.5. The number of nitrogens with zero attached hydrogens (tertiary/aromatic N) is 3. The third kappa shape index (κ3) is 6.23. The Kier molecular flexibility index (Phi) is 8.26. The van der Waals surface area contributed by atoms with Gasteiger partial charge in [-0.2, -0.15) is 5.10 Å². The Morgan fingerprint density at radius 1 is 1.27 bits per heavy atom. The van der Waals surface area contributed by atoms with Crippen LogP contribution < -0.4 is 10.6 Å². The minimum absolute atomic E-state index is 0. The van der Waals surface area contributed by atoms with E-state index in [2.05, 4.69) is 20.7 Å². The summed E-state index contributed by atoms with van der Waals surface area (Å²) in [7, 11) is 1.76. The predicted molar refractivity (Wildman–Crippen MR) is 102 cm³/mol. The van der Waals surface area contributed by atoms with Crippen LogP contribution in [0.2, 0.25) is 5.02 Å². The van der Waals surface area contributed by atoms with Gasteiger partial charge in [0.25, 0.3) is 0 Å². The molecule has 0 unspecified atom stereocenters. The molecule has 0 saturated carbocycles. The lowest BCUT2D eigenvalue weighted by Gasteiger charge is -2.12. The molecule has 0 aliphatic carbocycles. The van der Waals surface area contributed by atoms with E-state index in [9.17, 15) is 0 Å². The van der Waals surface area contributed by atoms with Crippen LogP contribution >= 0.6 is 35.6 Å². The third-order valence-electron chi connectivity index (χ3n) is 2.99. The molecular formula is C15H21ClIN5. The molecule has 1 heterocycles. The third-order valence-corrected chi connectivity index (χ3v) is 3.24. The van der Waals surface area contributed by atoms with Gasteiger partial charge in [0.1, 0.15) is 0 Å². The van der Waals surface area contributed by atoms with E-state index in [4.69, 9.17) is 11.6 Å². The van der Waals surface area contributed by atoms with Gasteiger partial charge in [-0.1, -0.05) is 23.7 Å². The number of hydrogen-bond acceptors (Lipinski definition) is 2. The maximum atomic E-state index is 5.87. The lowest BCUT2D eigenvalue weighted by molar-refractivity contribution is 0.597. The van der Waals surface area contributed by atoms with E-state index >= 15 is 0 Å². The molecule has 0 aliphatic heterocycles. The van der Waals surface area contributed by atoms with Gasteiger partial charge < -0.3 is 10.6 Å². The molecule has 120 valence electrons. The Hall–Kier alpha value is -1.28. The summed E-state index contributed by atoms with van der Waals surface area (Å²) in [6, 6.07) is 7.76. The summed E-state index contributed by atoms with van der Waals surface area (Å²) < 4.78 is 1.91. The van der Waals surface area contributed by atoms with Crippen molar-refractivity contribution in [2.45, 2.75) is 20.0 Å². The molecule has 1 aromatic heterocycles. The van der Waals surface area contributed by atoms with Gasteiger partial charge in [0, 0.05) is 31.4 Å². The first-order chi connectivity index (χ1) is 10.2. The van der Waals surface area contributed by atoms with Crippen LogP contribution in [-0.2, 0) is 13.1 Å². The van der Waals surface area contributed by atoms with Crippen molar-refractivity contribution in [2.24, 2.45) is 4.99 Å². The molecule has 0 fully saturated rings. The number of aromatic nitrogens is 2. The van der Waals surface area contributed by atoms with Crippen molar-refractivity contribution in [3.05, 3.63) is 52.8 Å². The smallest absolute Gasteiger partial charge is 0.191 e. The number of rotatable bonds is 5. The Bertz CT molecular complexity index is 594. The van der Waals surface area contributed by atoms with Crippen LogP contribution in [0.1, 0.15) is 11.1 Å². The van der Waals surface area contributed by atoms with Crippen molar-refractivity contribution < 1.29 is 0 Å². The zero-order chi connectivity index (χ0) is 15.1. The quantitative estimate of drug-likeness (QED) is 0.433. The summed E-state index contributed by atoms with van der Waals surface area (Å²) >= 11 is 5.87. The lowest BCUT2D eigenvalue weighted by atomic mass is 10.2. The van der Waals surface area contributed by atoms with E-state index in [-0.39, 0.29) is 24.0 Å². The number of hydrogen-bond donors (Lipinski definition) is 2. The molecule has 0 spiro atoms. The maximum Gasteiger partial charge on any atom is 0.191 e. The highest BCUT2D eigenvalue weighted by atomic mass is 127. The highest BCUT2D eigenvalue weighted by molar-refractivity contribution is 14.0. The molecule has 0 saturated heterocycles. The van der Waals surface area contributed by atoms with Gasteiger partial charge in [-0.15, -0.1) is 24.0 Å². The van der Waals surface area contributed by atoms with Crippen molar-refractivity contribution in [2.75, 3.05) is 13.6 Å². The van der Waals surface area contributed by atoms with E-state index < -0.39 is 0 Å². The Morgan fingerprint density at radius 3 is 2.59 bits per heavy atom. The molecule has 2 N–H and O–H groups in total. The zero-order valence-electron chi connectivity index (χ0n) is 12.7. The standard InChI is InChI=1S/C15H20ClN5.HI/c1-12-9-20-21(11-12)8-7-18-15(17-2)19-10-13-3-5-14(16)6-4-13;/h3-6,9,11H,7-8,10H2,1-2H3,(H2,17,18,19);1H. The maximum absolute atomic E-state index is 5.87. The summed E-state index contributed by atoms with van der Waals surface area (Å²) in [6.45, 7) is 4.30. The average Bonchev–Trinajstić information content (AvgIpc) is 2.90. The highest BCUT2D eigenvalue weighted by Gasteiger charge is 1.99. The number of nitrogens with one attached hydrogen (secondary N) is 2. The van der Waals surface area contributed by atoms with Crippen LogP contribution in [0.3, 0.4) is 0 Å². The molecule has 5 nitrogen and oxygen atoms in total. The largest absolute Gasteiger partial charge is 0.355 e. The number of aryl methyl sites for hydroxylation is 1. The molecule has 7 heteroatoms. The minimum Gasteiger partial charge on any atom is -0.355 e. The van der Waals surface area contributed by atoms with Crippen molar-refractivity contribution in [3.63, 3.8) is 0 Å². The molecule has 1 aromatic carbocycles. The second kappa shape index (κ2) is 9.68. The van der Waals surface area contributed by atoms with Gasteiger partial charge >= 0.3 is 0 Å². The summed E-state index contributed by atoms with van der Waals surface area (Å²) in [4.78, 5) is 4.20. The average molecular weight is 434 g/mol. The minimum atomic E-state index is 0. The van der Waals surface area contributed by atoms with Crippen LogP contribution in [0.4, 0.5) is 0 Å². The van der Waals surface area contributed by atoms with Gasteiger partial charge in [0.15, 0.2) is 5.96 Å². The fourth-order valence-electron chi connectivity index (χ4n) is 1.89.